The van der Waals surface area contributed by atoms with Crippen LogP contribution >= 0.6 is 0 Å². The molecule has 2 aromatic carbocycles. The van der Waals surface area contributed by atoms with E-state index < -0.39 is 0 Å². The molecule has 0 saturated heterocycles. The van der Waals surface area contributed by atoms with Gasteiger partial charge >= 0.3 is 0 Å². The number of rotatable bonds is 3. The minimum absolute atomic E-state index is 0.848. The first kappa shape index (κ1) is 9.78. The van der Waals surface area contributed by atoms with E-state index in [2.05, 4.69) is 25.3 Å². The van der Waals surface area contributed by atoms with Crippen LogP contribution in [0.25, 0.3) is 0 Å². The van der Waals surface area contributed by atoms with Crippen molar-refractivity contribution in [1.82, 2.24) is 0 Å². The van der Waals surface area contributed by atoms with Crippen molar-refractivity contribution < 1.29 is 4.74 Å². The molecule has 1 nitrogen and oxygen atoms in total. The number of hydrogen-bond acceptors (Lipinski definition) is 1. The zero-order valence-corrected chi connectivity index (χ0v) is 8.52. The maximum absolute atomic E-state index is 5.07. The Morgan fingerprint density at radius 1 is 0.867 bits per heavy atom. The van der Waals surface area contributed by atoms with Gasteiger partial charge in [0.25, 0.3) is 0 Å². The Morgan fingerprint density at radius 2 is 1.53 bits per heavy atom. The molecule has 2 aromatic rings. The fourth-order valence-electron chi connectivity index (χ4n) is 1.61. The summed E-state index contributed by atoms with van der Waals surface area (Å²) in [5, 5.41) is 0. The molecule has 1 radical (unpaired) electrons. The predicted octanol–water partition coefficient (Wildman–Crippen LogP) is 3.45. The van der Waals surface area contributed by atoms with E-state index in [1.165, 1.54) is 11.1 Å². The lowest BCUT2D eigenvalue weighted by Crippen LogP contribution is -1.91. The molecule has 0 aromatic heterocycles. The molecule has 15 heavy (non-hydrogen) atoms. The molecule has 0 heterocycles. The van der Waals surface area contributed by atoms with Gasteiger partial charge in [-0.3, -0.25) is 0 Å². The minimum atomic E-state index is 0.848. The predicted molar refractivity (Wildman–Crippen MR) is 61.7 cm³/mol. The van der Waals surface area contributed by atoms with Crippen molar-refractivity contribution >= 4 is 0 Å². The van der Waals surface area contributed by atoms with Gasteiger partial charge in [-0.25, -0.2) is 0 Å². The topological polar surface area (TPSA) is 9.23 Å². The lowest BCUT2D eigenvalue weighted by molar-refractivity contribution is 0.468. The van der Waals surface area contributed by atoms with Gasteiger partial charge in [-0.2, -0.15) is 0 Å². The van der Waals surface area contributed by atoms with Crippen molar-refractivity contribution in [1.29, 1.82) is 0 Å². The maximum atomic E-state index is 5.07. The zero-order valence-electron chi connectivity index (χ0n) is 8.52. The minimum Gasteiger partial charge on any atom is -0.490 e. The van der Waals surface area contributed by atoms with E-state index in [4.69, 9.17) is 4.74 Å². The number of benzene rings is 2. The molecular formula is C14H13O. The zero-order chi connectivity index (χ0) is 10.5. The Labute approximate surface area is 90.3 Å². The lowest BCUT2D eigenvalue weighted by atomic mass is 10.0. The van der Waals surface area contributed by atoms with Crippen LogP contribution in [0.4, 0.5) is 0 Å². The molecule has 0 unspecified atom stereocenters. The van der Waals surface area contributed by atoms with E-state index >= 15 is 0 Å². The number of hydrogen-bond donors (Lipinski definition) is 0. The lowest BCUT2D eigenvalue weighted by Gasteiger charge is -2.07. The summed E-state index contributed by atoms with van der Waals surface area (Å²) in [5.74, 6) is 0.848. The van der Waals surface area contributed by atoms with Gasteiger partial charge in [0.05, 0.1) is 0 Å². The average molecular weight is 197 g/mol. The summed E-state index contributed by atoms with van der Waals surface area (Å²) in [5.41, 5.74) is 2.45. The smallest absolute Gasteiger partial charge is 0.123 e. The van der Waals surface area contributed by atoms with Gasteiger partial charge in [-0.1, -0.05) is 48.5 Å². The van der Waals surface area contributed by atoms with Crippen molar-refractivity contribution in [3.63, 3.8) is 0 Å². The van der Waals surface area contributed by atoms with Crippen LogP contribution < -0.4 is 4.74 Å². The van der Waals surface area contributed by atoms with Gasteiger partial charge < -0.3 is 4.74 Å². The second-order valence-corrected chi connectivity index (χ2v) is 3.41. The molecule has 0 N–H and O–H groups in total. The molecule has 1 heteroatoms. The van der Waals surface area contributed by atoms with Crippen LogP contribution in [-0.4, -0.2) is 0 Å². The first-order chi connectivity index (χ1) is 7.40. The first-order valence-corrected chi connectivity index (χ1v) is 4.94. The summed E-state index contributed by atoms with van der Waals surface area (Å²) in [4.78, 5) is 0. The van der Waals surface area contributed by atoms with E-state index in [-0.39, 0.29) is 0 Å². The Balaban J connectivity index is 2.24. The van der Waals surface area contributed by atoms with Gasteiger partial charge in [-0.05, 0) is 17.2 Å². The fraction of sp³-hybridized carbons (Fsp3) is 0.0714. The van der Waals surface area contributed by atoms with Crippen LogP contribution in [0.1, 0.15) is 11.1 Å². The standard InChI is InChI=1S/C14H13O/c1-15-14-10-6-5-9-13(14)11-12-7-3-2-4-8-12/h2-10H,1,11H2. The van der Waals surface area contributed by atoms with Gasteiger partial charge in [0, 0.05) is 6.42 Å². The van der Waals surface area contributed by atoms with E-state index in [1.807, 2.05) is 36.4 Å². The molecule has 0 fully saturated rings. The molecule has 0 saturated carbocycles. The summed E-state index contributed by atoms with van der Waals surface area (Å²) in [6, 6.07) is 18.3. The summed E-state index contributed by atoms with van der Waals surface area (Å²) in [7, 11) is 3.46. The van der Waals surface area contributed by atoms with E-state index in [1.54, 1.807) is 0 Å². The van der Waals surface area contributed by atoms with Crippen LogP contribution in [0.15, 0.2) is 54.6 Å². The summed E-state index contributed by atoms with van der Waals surface area (Å²) in [6.07, 6.45) is 0.881. The van der Waals surface area contributed by atoms with Crippen LogP contribution in [0.3, 0.4) is 0 Å². The maximum Gasteiger partial charge on any atom is 0.123 e. The van der Waals surface area contributed by atoms with Gasteiger partial charge in [0.1, 0.15) is 12.9 Å². The summed E-state index contributed by atoms with van der Waals surface area (Å²) >= 11 is 0. The quantitative estimate of drug-likeness (QED) is 0.732. The first-order valence-electron chi connectivity index (χ1n) is 4.94. The molecule has 0 aliphatic heterocycles. The second kappa shape index (κ2) is 4.65. The van der Waals surface area contributed by atoms with Crippen molar-refractivity contribution in [2.75, 3.05) is 0 Å². The Hall–Kier alpha value is -1.76. The van der Waals surface area contributed by atoms with Crippen molar-refractivity contribution in [3.8, 4) is 5.75 Å². The molecule has 0 amide bonds. The molecule has 0 atom stereocenters. The third kappa shape index (κ3) is 2.38. The Bertz CT molecular complexity index is 420. The third-order valence-electron chi connectivity index (χ3n) is 2.37. The molecule has 0 bridgehead atoms. The second-order valence-electron chi connectivity index (χ2n) is 3.41. The van der Waals surface area contributed by atoms with E-state index in [9.17, 15) is 0 Å². The highest BCUT2D eigenvalue weighted by molar-refractivity contribution is 5.37. The van der Waals surface area contributed by atoms with Crippen molar-refractivity contribution in [2.24, 2.45) is 0 Å². The molecule has 0 aliphatic carbocycles. The molecule has 0 aliphatic rings. The Morgan fingerprint density at radius 3 is 2.27 bits per heavy atom. The van der Waals surface area contributed by atoms with Gasteiger partial charge in [-0.15, -0.1) is 0 Å². The van der Waals surface area contributed by atoms with Gasteiger partial charge in [0.15, 0.2) is 0 Å². The van der Waals surface area contributed by atoms with E-state index in [0.717, 1.165) is 12.2 Å². The largest absolute Gasteiger partial charge is 0.490 e. The normalized spacial score (nSPS) is 9.93. The van der Waals surface area contributed by atoms with E-state index in [0.29, 0.717) is 0 Å². The molecule has 2 rings (SSSR count). The summed E-state index contributed by atoms with van der Waals surface area (Å²) < 4.78 is 5.07. The number of ether oxygens (including phenoxy) is 1. The average Bonchev–Trinajstić information content (AvgIpc) is 2.31. The molecule has 0 spiro atoms. The van der Waals surface area contributed by atoms with Crippen LogP contribution in [0.5, 0.6) is 5.75 Å². The highest BCUT2D eigenvalue weighted by atomic mass is 16.5. The number of para-hydroxylation sites is 1. The highest BCUT2D eigenvalue weighted by Crippen LogP contribution is 2.20. The van der Waals surface area contributed by atoms with Crippen LogP contribution in [-0.2, 0) is 6.42 Å². The fourth-order valence-corrected chi connectivity index (χ4v) is 1.61. The SMILES string of the molecule is [CH2]Oc1ccccc1Cc1ccccc1. The van der Waals surface area contributed by atoms with Crippen molar-refractivity contribution in [3.05, 3.63) is 72.8 Å². The third-order valence-corrected chi connectivity index (χ3v) is 2.37. The van der Waals surface area contributed by atoms with Crippen LogP contribution in [0.2, 0.25) is 0 Å². The van der Waals surface area contributed by atoms with Gasteiger partial charge in [0.2, 0.25) is 0 Å². The van der Waals surface area contributed by atoms with Crippen molar-refractivity contribution in [2.45, 2.75) is 6.42 Å². The van der Waals surface area contributed by atoms with Crippen LogP contribution in [0, 0.1) is 7.11 Å². The summed E-state index contributed by atoms with van der Waals surface area (Å²) in [6.45, 7) is 0. The Kier molecular flexibility index (Phi) is 3.03. The monoisotopic (exact) mass is 197 g/mol. The molecular weight excluding hydrogens is 184 g/mol. The molecule has 75 valence electrons. The highest BCUT2D eigenvalue weighted by Gasteiger charge is 2.01.